The number of carboxylic acid groups (broad SMARTS) is 2. The molecule has 0 atom stereocenters. The molecule has 0 rings (SSSR count). The highest BCUT2D eigenvalue weighted by molar-refractivity contribution is 5.82. The van der Waals surface area contributed by atoms with E-state index in [1.165, 1.54) is 0 Å². The molecule has 0 heterocycles. The number of hydrogen-bond donors (Lipinski definition) is 3. The molecule has 0 radical (unpaired) electrons. The van der Waals surface area contributed by atoms with Crippen LogP contribution in [0.1, 0.15) is 12.8 Å². The fourth-order valence-electron chi connectivity index (χ4n) is 0.735. The summed E-state index contributed by atoms with van der Waals surface area (Å²) in [5, 5.41) is 24.4. The van der Waals surface area contributed by atoms with Gasteiger partial charge in [0.1, 0.15) is 0 Å². The molecule has 0 aliphatic carbocycles. The van der Waals surface area contributed by atoms with Crippen LogP contribution in [0.15, 0.2) is 0 Å². The SMILES string of the molecule is O.O=C(O)CC(CC(=O)O)C(=O)OO. The first-order chi connectivity index (χ1) is 5.97. The minimum Gasteiger partial charge on any atom is -0.481 e. The van der Waals surface area contributed by atoms with E-state index in [1.54, 1.807) is 0 Å². The van der Waals surface area contributed by atoms with Gasteiger partial charge >= 0.3 is 17.9 Å². The van der Waals surface area contributed by atoms with E-state index in [-0.39, 0.29) is 5.48 Å². The summed E-state index contributed by atoms with van der Waals surface area (Å²) in [6.07, 6.45) is -1.38. The Balaban J connectivity index is 0. The Morgan fingerprint density at radius 1 is 1.07 bits per heavy atom. The zero-order valence-corrected chi connectivity index (χ0v) is 6.97. The van der Waals surface area contributed by atoms with Gasteiger partial charge in [-0.25, -0.2) is 4.79 Å². The minimum absolute atomic E-state index is 0. The molecule has 0 bridgehead atoms. The first-order valence-corrected chi connectivity index (χ1v) is 3.26. The van der Waals surface area contributed by atoms with Crippen LogP contribution in [0.25, 0.3) is 0 Å². The Morgan fingerprint density at radius 3 is 1.64 bits per heavy atom. The third-order valence-electron chi connectivity index (χ3n) is 1.27. The predicted octanol–water partition coefficient (Wildman–Crippen LogP) is -1.26. The van der Waals surface area contributed by atoms with Crippen molar-refractivity contribution in [3.63, 3.8) is 0 Å². The van der Waals surface area contributed by atoms with E-state index in [0.717, 1.165) is 0 Å². The lowest BCUT2D eigenvalue weighted by Crippen LogP contribution is -2.22. The van der Waals surface area contributed by atoms with Crippen LogP contribution in [0, 0.1) is 5.92 Å². The number of carboxylic acids is 2. The Labute approximate surface area is 78.0 Å². The van der Waals surface area contributed by atoms with Gasteiger partial charge < -0.3 is 20.6 Å². The predicted molar refractivity (Wildman–Crippen MR) is 40.3 cm³/mol. The second kappa shape index (κ2) is 6.80. The van der Waals surface area contributed by atoms with Crippen LogP contribution < -0.4 is 0 Å². The molecule has 0 saturated carbocycles. The topological polar surface area (TPSA) is 153 Å². The highest BCUT2D eigenvalue weighted by atomic mass is 17.1. The lowest BCUT2D eigenvalue weighted by atomic mass is 10.0. The average Bonchev–Trinajstić information content (AvgIpc) is 2.00. The van der Waals surface area contributed by atoms with Gasteiger partial charge in [0.15, 0.2) is 0 Å². The van der Waals surface area contributed by atoms with E-state index in [2.05, 4.69) is 4.89 Å². The Kier molecular flexibility index (Phi) is 7.21. The number of hydrogen-bond acceptors (Lipinski definition) is 5. The van der Waals surface area contributed by atoms with E-state index in [1.807, 2.05) is 0 Å². The van der Waals surface area contributed by atoms with Crippen molar-refractivity contribution in [3.8, 4) is 0 Å². The van der Waals surface area contributed by atoms with Crippen LogP contribution in [-0.4, -0.2) is 38.9 Å². The van der Waals surface area contributed by atoms with Crippen molar-refractivity contribution in [2.75, 3.05) is 0 Å². The monoisotopic (exact) mass is 210 g/mol. The van der Waals surface area contributed by atoms with Crippen LogP contribution >= 0.6 is 0 Å². The number of carbonyl (C=O) groups excluding carboxylic acids is 1. The van der Waals surface area contributed by atoms with Gasteiger partial charge in [-0.3, -0.25) is 9.59 Å². The summed E-state index contributed by atoms with van der Waals surface area (Å²) in [4.78, 5) is 34.1. The fraction of sp³-hybridized carbons (Fsp3) is 0.500. The van der Waals surface area contributed by atoms with Crippen molar-refractivity contribution in [3.05, 3.63) is 0 Å². The molecule has 0 spiro atoms. The fourth-order valence-corrected chi connectivity index (χ4v) is 0.735. The summed E-state index contributed by atoms with van der Waals surface area (Å²) >= 11 is 0. The molecule has 5 N–H and O–H groups in total. The molecular weight excluding hydrogens is 200 g/mol. The molecule has 0 amide bonds. The summed E-state index contributed by atoms with van der Waals surface area (Å²) in [7, 11) is 0. The normalized spacial score (nSPS) is 9.00. The van der Waals surface area contributed by atoms with Crippen LogP contribution in [0.4, 0.5) is 0 Å². The molecule has 0 aromatic carbocycles. The zero-order chi connectivity index (χ0) is 10.4. The highest BCUT2D eigenvalue weighted by Gasteiger charge is 2.26. The maximum absolute atomic E-state index is 10.6. The Morgan fingerprint density at radius 2 is 1.43 bits per heavy atom. The van der Waals surface area contributed by atoms with Crippen LogP contribution in [0.3, 0.4) is 0 Å². The molecule has 0 unspecified atom stereocenters. The van der Waals surface area contributed by atoms with Crippen molar-refractivity contribution in [1.29, 1.82) is 0 Å². The molecule has 0 aliphatic rings. The van der Waals surface area contributed by atoms with Crippen LogP contribution in [0.2, 0.25) is 0 Å². The molecule has 0 saturated heterocycles. The Hall–Kier alpha value is -1.67. The maximum Gasteiger partial charge on any atom is 0.346 e. The first-order valence-electron chi connectivity index (χ1n) is 3.26. The van der Waals surface area contributed by atoms with Crippen LogP contribution in [0.5, 0.6) is 0 Å². The molecule has 0 fully saturated rings. The minimum atomic E-state index is -1.36. The van der Waals surface area contributed by atoms with E-state index in [0.29, 0.717) is 0 Å². The standard InChI is InChI=1S/C6H8O7.H2O/c7-4(8)1-3(2-5(9)10)6(11)13-12;/h3,12H,1-2H2,(H,7,8)(H,9,10);1H2. The summed E-state index contributed by atoms with van der Waals surface area (Å²) < 4.78 is 0. The van der Waals surface area contributed by atoms with Crippen molar-refractivity contribution in [2.24, 2.45) is 5.92 Å². The molecule has 82 valence electrons. The zero-order valence-electron chi connectivity index (χ0n) is 6.97. The second-order valence-electron chi connectivity index (χ2n) is 2.30. The number of carbonyl (C=O) groups is 3. The van der Waals surface area contributed by atoms with Gasteiger partial charge in [0, 0.05) is 0 Å². The maximum atomic E-state index is 10.6. The van der Waals surface area contributed by atoms with Crippen molar-refractivity contribution >= 4 is 17.9 Å². The quantitative estimate of drug-likeness (QED) is 0.378. The third kappa shape index (κ3) is 5.91. The molecule has 8 heteroatoms. The average molecular weight is 210 g/mol. The van der Waals surface area contributed by atoms with E-state index >= 15 is 0 Å². The van der Waals surface area contributed by atoms with Gasteiger partial charge in [0.2, 0.25) is 0 Å². The smallest absolute Gasteiger partial charge is 0.346 e. The van der Waals surface area contributed by atoms with Crippen molar-refractivity contribution in [1.82, 2.24) is 0 Å². The van der Waals surface area contributed by atoms with Crippen molar-refractivity contribution < 1.29 is 40.2 Å². The third-order valence-corrected chi connectivity index (χ3v) is 1.27. The van der Waals surface area contributed by atoms with E-state index < -0.39 is 36.7 Å². The summed E-state index contributed by atoms with van der Waals surface area (Å²) in [6.45, 7) is 0. The molecule has 0 aromatic rings. The van der Waals surface area contributed by atoms with Gasteiger partial charge in [0.05, 0.1) is 18.8 Å². The second-order valence-corrected chi connectivity index (χ2v) is 2.30. The molecule has 14 heavy (non-hydrogen) atoms. The summed E-state index contributed by atoms with van der Waals surface area (Å²) in [6, 6.07) is 0. The number of aliphatic carboxylic acids is 2. The first kappa shape index (κ1) is 14.8. The van der Waals surface area contributed by atoms with Gasteiger partial charge in [-0.15, -0.1) is 0 Å². The van der Waals surface area contributed by atoms with E-state index in [4.69, 9.17) is 15.5 Å². The highest BCUT2D eigenvalue weighted by Crippen LogP contribution is 2.10. The molecule has 8 nitrogen and oxygen atoms in total. The number of rotatable bonds is 5. The van der Waals surface area contributed by atoms with Crippen LogP contribution in [-0.2, 0) is 19.3 Å². The molecular formula is C6H10O8. The summed E-state index contributed by atoms with van der Waals surface area (Å²) in [5.74, 6) is -5.29. The lowest BCUT2D eigenvalue weighted by molar-refractivity contribution is -0.239. The lowest BCUT2D eigenvalue weighted by Gasteiger charge is -2.06. The van der Waals surface area contributed by atoms with Gasteiger partial charge in [0.25, 0.3) is 0 Å². The Bertz CT molecular complexity index is 206. The van der Waals surface area contributed by atoms with Gasteiger partial charge in [-0.05, 0) is 0 Å². The van der Waals surface area contributed by atoms with Gasteiger partial charge in [-0.2, -0.15) is 5.26 Å². The largest absolute Gasteiger partial charge is 0.481 e. The van der Waals surface area contributed by atoms with E-state index in [9.17, 15) is 14.4 Å². The summed E-state index contributed by atoms with van der Waals surface area (Å²) in [5.41, 5.74) is 0. The molecule has 0 aromatic heterocycles. The molecule has 0 aliphatic heterocycles. The van der Waals surface area contributed by atoms with Crippen molar-refractivity contribution in [2.45, 2.75) is 12.8 Å². The van der Waals surface area contributed by atoms with Gasteiger partial charge in [-0.1, -0.05) is 0 Å².